The van der Waals surface area contributed by atoms with E-state index in [1.54, 1.807) is 23.4 Å². The summed E-state index contributed by atoms with van der Waals surface area (Å²) in [6.45, 7) is 6.50. The summed E-state index contributed by atoms with van der Waals surface area (Å²) in [5, 5.41) is 13.7. The van der Waals surface area contributed by atoms with Crippen molar-refractivity contribution in [2.75, 3.05) is 13.1 Å². The topological polar surface area (TPSA) is 75.4 Å². The molecule has 20 heavy (non-hydrogen) atoms. The first kappa shape index (κ1) is 14.8. The highest BCUT2D eigenvalue weighted by Crippen LogP contribution is 2.32. The molecule has 1 atom stereocenters. The van der Waals surface area contributed by atoms with Gasteiger partial charge in [0, 0.05) is 19.6 Å². The van der Waals surface area contributed by atoms with Crippen LogP contribution < -0.4 is 0 Å². The van der Waals surface area contributed by atoms with Gasteiger partial charge >= 0.3 is 5.97 Å². The minimum atomic E-state index is -0.878. The lowest BCUT2D eigenvalue weighted by molar-refractivity contribution is -0.147. The van der Waals surface area contributed by atoms with Gasteiger partial charge in [-0.25, -0.2) is 0 Å². The highest BCUT2D eigenvalue weighted by molar-refractivity contribution is 6.33. The quantitative estimate of drug-likeness (QED) is 0.923. The third kappa shape index (κ3) is 2.28. The highest BCUT2D eigenvalue weighted by Gasteiger charge is 2.43. The van der Waals surface area contributed by atoms with Crippen molar-refractivity contribution in [1.82, 2.24) is 14.7 Å². The molecule has 1 aromatic heterocycles. The molecule has 0 radical (unpaired) electrons. The van der Waals surface area contributed by atoms with Crippen LogP contribution in [0.5, 0.6) is 0 Å². The first-order valence-electron chi connectivity index (χ1n) is 6.55. The number of amides is 1. The van der Waals surface area contributed by atoms with E-state index in [4.69, 9.17) is 11.6 Å². The Labute approximate surface area is 122 Å². The molecule has 7 heteroatoms. The number of halogens is 1. The van der Waals surface area contributed by atoms with Crippen LogP contribution in [0.25, 0.3) is 0 Å². The summed E-state index contributed by atoms with van der Waals surface area (Å²) >= 11 is 6.17. The lowest BCUT2D eigenvalue weighted by Gasteiger charge is -2.20. The average molecular weight is 300 g/mol. The summed E-state index contributed by atoms with van der Waals surface area (Å²) < 4.78 is 1.57. The van der Waals surface area contributed by atoms with E-state index < -0.39 is 11.4 Å². The van der Waals surface area contributed by atoms with Crippen LogP contribution in [0.4, 0.5) is 0 Å². The summed E-state index contributed by atoms with van der Waals surface area (Å²) in [4.78, 5) is 25.3. The number of carbonyl (C=O) groups is 2. The monoisotopic (exact) mass is 299 g/mol. The van der Waals surface area contributed by atoms with E-state index in [-0.39, 0.29) is 12.5 Å². The van der Waals surface area contributed by atoms with Gasteiger partial charge in [-0.2, -0.15) is 5.10 Å². The first-order chi connectivity index (χ1) is 9.30. The second-order valence-corrected chi connectivity index (χ2v) is 5.77. The Hall–Kier alpha value is -1.56. The van der Waals surface area contributed by atoms with Crippen molar-refractivity contribution in [3.05, 3.63) is 16.4 Å². The number of nitrogens with zero attached hydrogens (tertiary/aromatic N) is 3. The molecule has 1 fully saturated rings. The van der Waals surface area contributed by atoms with Crippen LogP contribution in [0.2, 0.25) is 5.15 Å². The van der Waals surface area contributed by atoms with Gasteiger partial charge in [0.15, 0.2) is 0 Å². The van der Waals surface area contributed by atoms with E-state index in [9.17, 15) is 14.7 Å². The minimum Gasteiger partial charge on any atom is -0.481 e. The molecule has 0 bridgehead atoms. The Kier molecular flexibility index (Phi) is 3.77. The van der Waals surface area contributed by atoms with Gasteiger partial charge < -0.3 is 10.0 Å². The molecule has 0 saturated carbocycles. The lowest BCUT2D eigenvalue weighted by atomic mass is 9.90. The Morgan fingerprint density at radius 2 is 2.15 bits per heavy atom. The Bertz CT molecular complexity index is 569. The highest BCUT2D eigenvalue weighted by atomic mass is 35.5. The van der Waals surface area contributed by atoms with Gasteiger partial charge in [-0.05, 0) is 27.2 Å². The fourth-order valence-electron chi connectivity index (χ4n) is 2.47. The van der Waals surface area contributed by atoms with Crippen LogP contribution in [0, 0.1) is 12.3 Å². The van der Waals surface area contributed by atoms with Gasteiger partial charge in [0.2, 0.25) is 0 Å². The van der Waals surface area contributed by atoms with Gasteiger partial charge in [-0.15, -0.1) is 0 Å². The molecule has 6 nitrogen and oxygen atoms in total. The Morgan fingerprint density at radius 3 is 2.60 bits per heavy atom. The number of rotatable bonds is 3. The summed E-state index contributed by atoms with van der Waals surface area (Å²) in [7, 11) is 0. The summed E-state index contributed by atoms with van der Waals surface area (Å²) in [6, 6.07) is 0. The SMILES string of the molecule is CCn1nc(C)c(C(=O)N2CC[C@](C)(C(=O)O)C2)c1Cl. The van der Waals surface area contributed by atoms with Crippen molar-refractivity contribution in [2.45, 2.75) is 33.7 Å². The smallest absolute Gasteiger partial charge is 0.311 e. The van der Waals surface area contributed by atoms with Gasteiger partial charge in [-0.3, -0.25) is 14.3 Å². The molecule has 0 aromatic carbocycles. The first-order valence-corrected chi connectivity index (χ1v) is 6.93. The maximum atomic E-state index is 12.5. The van der Waals surface area contributed by atoms with Crippen molar-refractivity contribution >= 4 is 23.5 Å². The standard InChI is InChI=1S/C13H18ClN3O3/c1-4-17-10(14)9(8(2)15-17)11(18)16-6-5-13(3,7-16)12(19)20/h4-7H2,1-3H3,(H,19,20)/t13-/m0/s1. The van der Waals surface area contributed by atoms with Crippen LogP contribution in [0.3, 0.4) is 0 Å². The number of hydrogen-bond donors (Lipinski definition) is 1. The van der Waals surface area contributed by atoms with E-state index in [1.807, 2.05) is 6.92 Å². The van der Waals surface area contributed by atoms with E-state index in [2.05, 4.69) is 5.10 Å². The van der Waals surface area contributed by atoms with Crippen molar-refractivity contribution in [1.29, 1.82) is 0 Å². The molecule has 0 aliphatic carbocycles. The summed E-state index contributed by atoms with van der Waals surface area (Å²) in [6.07, 6.45) is 0.451. The van der Waals surface area contributed by atoms with Crippen LogP contribution in [-0.4, -0.2) is 44.8 Å². The van der Waals surface area contributed by atoms with E-state index >= 15 is 0 Å². The van der Waals surface area contributed by atoms with Crippen LogP contribution in [0.1, 0.15) is 36.3 Å². The van der Waals surface area contributed by atoms with Gasteiger partial charge in [0.05, 0.1) is 16.7 Å². The fourth-order valence-corrected chi connectivity index (χ4v) is 2.85. The summed E-state index contributed by atoms with van der Waals surface area (Å²) in [5.41, 5.74) is 0.0745. The number of carbonyl (C=O) groups excluding carboxylic acids is 1. The molecule has 1 aliphatic rings. The molecular formula is C13H18ClN3O3. The van der Waals surface area contributed by atoms with Crippen LogP contribution in [0.15, 0.2) is 0 Å². The molecule has 0 unspecified atom stereocenters. The second kappa shape index (κ2) is 5.09. The minimum absolute atomic E-state index is 0.203. The van der Waals surface area contributed by atoms with Crippen molar-refractivity contribution in [2.24, 2.45) is 5.41 Å². The van der Waals surface area contributed by atoms with E-state index in [0.717, 1.165) is 0 Å². The maximum Gasteiger partial charge on any atom is 0.311 e. The maximum absolute atomic E-state index is 12.5. The molecular weight excluding hydrogens is 282 g/mol. The third-order valence-electron chi connectivity index (χ3n) is 3.86. The zero-order chi connectivity index (χ0) is 15.1. The molecule has 2 heterocycles. The molecule has 110 valence electrons. The van der Waals surface area contributed by atoms with E-state index in [1.165, 1.54) is 0 Å². The molecule has 0 spiro atoms. The number of carboxylic acids is 1. The largest absolute Gasteiger partial charge is 0.481 e. The Balaban J connectivity index is 2.26. The van der Waals surface area contributed by atoms with Crippen LogP contribution >= 0.6 is 11.6 Å². The molecule has 1 saturated heterocycles. The van der Waals surface area contributed by atoms with Crippen LogP contribution in [-0.2, 0) is 11.3 Å². The molecule has 1 aromatic rings. The number of hydrogen-bond acceptors (Lipinski definition) is 3. The molecule has 1 aliphatic heterocycles. The normalized spacial score (nSPS) is 22.3. The number of aromatic nitrogens is 2. The molecule has 1 N–H and O–H groups in total. The predicted molar refractivity (Wildman–Crippen MR) is 73.9 cm³/mol. The molecule has 1 amide bonds. The summed E-state index contributed by atoms with van der Waals surface area (Å²) in [5.74, 6) is -1.11. The number of aliphatic carboxylic acids is 1. The number of aryl methyl sites for hydroxylation is 2. The number of carboxylic acid groups (broad SMARTS) is 1. The van der Waals surface area contributed by atoms with Gasteiger partial charge in [0.1, 0.15) is 5.15 Å². The second-order valence-electron chi connectivity index (χ2n) is 5.41. The molecule has 2 rings (SSSR count). The zero-order valence-corrected chi connectivity index (χ0v) is 12.6. The predicted octanol–water partition coefficient (Wildman–Crippen LogP) is 1.80. The van der Waals surface area contributed by atoms with Gasteiger partial charge in [-0.1, -0.05) is 11.6 Å². The number of likely N-dealkylation sites (tertiary alicyclic amines) is 1. The average Bonchev–Trinajstić information content (AvgIpc) is 2.91. The van der Waals surface area contributed by atoms with E-state index in [0.29, 0.717) is 35.9 Å². The van der Waals surface area contributed by atoms with Crippen molar-refractivity contribution in [3.63, 3.8) is 0 Å². The van der Waals surface area contributed by atoms with Crippen molar-refractivity contribution < 1.29 is 14.7 Å². The zero-order valence-electron chi connectivity index (χ0n) is 11.8. The lowest BCUT2D eigenvalue weighted by Crippen LogP contribution is -2.35. The third-order valence-corrected chi connectivity index (χ3v) is 4.24. The fraction of sp³-hybridized carbons (Fsp3) is 0.615. The Morgan fingerprint density at radius 1 is 1.50 bits per heavy atom. The van der Waals surface area contributed by atoms with Crippen molar-refractivity contribution in [3.8, 4) is 0 Å². The van der Waals surface area contributed by atoms with Gasteiger partial charge in [0.25, 0.3) is 5.91 Å².